The summed E-state index contributed by atoms with van der Waals surface area (Å²) in [6.07, 6.45) is -0.233. The summed E-state index contributed by atoms with van der Waals surface area (Å²) in [5, 5.41) is 2.35. The first-order valence-corrected chi connectivity index (χ1v) is 14.5. The maximum atomic E-state index is 13.3. The molecule has 2 heterocycles. The quantitative estimate of drug-likeness (QED) is 0.253. The van der Waals surface area contributed by atoms with Gasteiger partial charge < -0.3 is 28.4 Å². The summed E-state index contributed by atoms with van der Waals surface area (Å²) < 4.78 is 50.2. The van der Waals surface area contributed by atoms with E-state index in [1.165, 1.54) is 26.3 Å². The Morgan fingerprint density at radius 1 is 1.12 bits per heavy atom. The molecular weight excluding hydrogens is 560 g/mol. The van der Waals surface area contributed by atoms with E-state index in [0.29, 0.717) is 0 Å². The van der Waals surface area contributed by atoms with Crippen LogP contribution in [0.3, 0.4) is 0 Å². The van der Waals surface area contributed by atoms with Crippen molar-refractivity contribution in [1.82, 2.24) is 10.3 Å². The number of amides is 1. The van der Waals surface area contributed by atoms with Crippen LogP contribution >= 0.6 is 0 Å². The highest BCUT2D eigenvalue weighted by Crippen LogP contribution is 2.31. The molecule has 41 heavy (non-hydrogen) atoms. The van der Waals surface area contributed by atoms with Gasteiger partial charge in [-0.3, -0.25) is 14.4 Å². The minimum Gasteiger partial charge on any atom is -0.493 e. The van der Waals surface area contributed by atoms with E-state index in [4.69, 9.17) is 23.1 Å². The molecule has 0 saturated carbocycles. The molecule has 222 valence electrons. The standard InChI is InChI=1S/C27H32N2O11S/c1-15(2)25(31)39-22-16(3)38-27(33)19(14-37-26(32)18(22)13-17-9-7-6-8-10-17)29-24(30)21-23(40-41(5,34)35)20(36-4)11-12-28-21/h6-12,15-16,18-19,22H,13-14H2,1-5H3,(H,29,30)/t16-,18+,19?,22?/m0/s1. The fourth-order valence-electron chi connectivity index (χ4n) is 3.96. The number of methoxy groups -OCH3 is 1. The van der Waals surface area contributed by atoms with Gasteiger partial charge in [-0.1, -0.05) is 44.2 Å². The third-order valence-electron chi connectivity index (χ3n) is 6.01. The summed E-state index contributed by atoms with van der Waals surface area (Å²) in [4.78, 5) is 56.0. The van der Waals surface area contributed by atoms with E-state index in [1.807, 2.05) is 6.07 Å². The molecule has 1 N–H and O–H groups in total. The van der Waals surface area contributed by atoms with Gasteiger partial charge in [0, 0.05) is 12.3 Å². The topological polar surface area (TPSA) is 173 Å². The molecule has 1 aliphatic rings. The molecule has 0 radical (unpaired) electrons. The lowest BCUT2D eigenvalue weighted by atomic mass is 9.91. The summed E-state index contributed by atoms with van der Waals surface area (Å²) in [6.45, 7) is 4.09. The van der Waals surface area contributed by atoms with Crippen molar-refractivity contribution in [2.45, 2.75) is 45.4 Å². The predicted molar refractivity (Wildman–Crippen MR) is 142 cm³/mol. The van der Waals surface area contributed by atoms with Crippen molar-refractivity contribution in [2.75, 3.05) is 20.0 Å². The van der Waals surface area contributed by atoms with E-state index in [1.54, 1.807) is 38.1 Å². The van der Waals surface area contributed by atoms with Crippen LogP contribution in [0.2, 0.25) is 0 Å². The molecule has 1 aromatic heterocycles. The Balaban J connectivity index is 1.91. The van der Waals surface area contributed by atoms with Gasteiger partial charge in [-0.25, -0.2) is 9.78 Å². The third-order valence-corrected chi connectivity index (χ3v) is 6.48. The van der Waals surface area contributed by atoms with Gasteiger partial charge in [0.25, 0.3) is 5.91 Å². The minimum absolute atomic E-state index is 0.105. The first kappa shape index (κ1) is 31.3. The molecule has 13 nitrogen and oxygen atoms in total. The number of ether oxygens (including phenoxy) is 4. The number of pyridine rings is 1. The Hall–Kier alpha value is -4.20. The number of aromatic nitrogens is 1. The zero-order chi connectivity index (χ0) is 30.3. The average Bonchev–Trinajstić information content (AvgIpc) is 2.94. The Morgan fingerprint density at radius 2 is 1.80 bits per heavy atom. The average molecular weight is 593 g/mol. The van der Waals surface area contributed by atoms with Crippen LogP contribution in [0.5, 0.6) is 11.5 Å². The molecule has 1 aliphatic heterocycles. The van der Waals surface area contributed by atoms with E-state index in [0.717, 1.165) is 11.8 Å². The van der Waals surface area contributed by atoms with Crippen molar-refractivity contribution in [3.8, 4) is 11.5 Å². The van der Waals surface area contributed by atoms with Crippen LogP contribution in [0.25, 0.3) is 0 Å². The molecule has 1 saturated heterocycles. The smallest absolute Gasteiger partial charge is 0.332 e. The molecule has 3 rings (SSSR count). The second-order valence-corrected chi connectivity index (χ2v) is 11.2. The number of cyclic esters (lactones) is 2. The summed E-state index contributed by atoms with van der Waals surface area (Å²) >= 11 is 0. The number of hydrogen-bond acceptors (Lipinski definition) is 12. The largest absolute Gasteiger partial charge is 0.493 e. The van der Waals surface area contributed by atoms with Gasteiger partial charge in [0.15, 0.2) is 23.6 Å². The Bertz CT molecular complexity index is 1380. The number of carbonyl (C=O) groups excluding carboxylic acids is 4. The van der Waals surface area contributed by atoms with Crippen LogP contribution < -0.4 is 14.2 Å². The van der Waals surface area contributed by atoms with Crippen molar-refractivity contribution >= 4 is 33.9 Å². The van der Waals surface area contributed by atoms with Crippen molar-refractivity contribution in [3.63, 3.8) is 0 Å². The van der Waals surface area contributed by atoms with Crippen LogP contribution in [0.4, 0.5) is 0 Å². The number of esters is 3. The lowest BCUT2D eigenvalue weighted by Crippen LogP contribution is -2.47. The molecule has 0 bridgehead atoms. The number of hydrogen-bond donors (Lipinski definition) is 1. The maximum absolute atomic E-state index is 13.3. The lowest BCUT2D eigenvalue weighted by Gasteiger charge is -2.29. The summed E-state index contributed by atoms with van der Waals surface area (Å²) in [5.74, 6) is -5.56. The Labute approximate surface area is 237 Å². The number of rotatable bonds is 9. The van der Waals surface area contributed by atoms with Crippen LogP contribution in [0.1, 0.15) is 36.8 Å². The van der Waals surface area contributed by atoms with Crippen LogP contribution in [0.15, 0.2) is 42.6 Å². The molecule has 14 heteroatoms. The van der Waals surface area contributed by atoms with Crippen LogP contribution in [0, 0.1) is 11.8 Å². The van der Waals surface area contributed by atoms with E-state index in [-0.39, 0.29) is 12.2 Å². The van der Waals surface area contributed by atoms with Gasteiger partial charge in [-0.2, -0.15) is 8.42 Å². The van der Waals surface area contributed by atoms with Gasteiger partial charge >= 0.3 is 28.0 Å². The van der Waals surface area contributed by atoms with Crippen molar-refractivity contribution in [2.24, 2.45) is 11.8 Å². The number of nitrogens with zero attached hydrogens (tertiary/aromatic N) is 1. The summed E-state index contributed by atoms with van der Waals surface area (Å²) in [7, 11) is -2.86. The van der Waals surface area contributed by atoms with Crippen LogP contribution in [-0.4, -0.2) is 75.4 Å². The molecular formula is C27H32N2O11S. The molecule has 2 aromatic rings. The molecule has 1 amide bonds. The van der Waals surface area contributed by atoms with Gasteiger partial charge in [0.1, 0.15) is 18.6 Å². The highest BCUT2D eigenvalue weighted by atomic mass is 32.2. The van der Waals surface area contributed by atoms with E-state index in [9.17, 15) is 27.6 Å². The fourth-order valence-corrected chi connectivity index (χ4v) is 4.43. The number of carbonyl (C=O) groups is 4. The molecule has 1 fully saturated rings. The van der Waals surface area contributed by atoms with Crippen LogP contribution in [-0.2, 0) is 45.1 Å². The maximum Gasteiger partial charge on any atom is 0.332 e. The first-order valence-electron chi connectivity index (χ1n) is 12.7. The van der Waals surface area contributed by atoms with E-state index in [2.05, 4.69) is 10.3 Å². The van der Waals surface area contributed by atoms with Crippen molar-refractivity contribution in [3.05, 3.63) is 53.9 Å². The van der Waals surface area contributed by atoms with E-state index >= 15 is 0 Å². The van der Waals surface area contributed by atoms with E-state index < -0.39 is 82.1 Å². The van der Waals surface area contributed by atoms with Crippen molar-refractivity contribution in [1.29, 1.82) is 0 Å². The zero-order valence-corrected chi connectivity index (χ0v) is 24.0. The first-order chi connectivity index (χ1) is 19.3. The molecule has 2 unspecified atom stereocenters. The second kappa shape index (κ2) is 13.4. The SMILES string of the molecule is COc1ccnc(C(=O)NC2COC(=O)[C@H](Cc3ccccc3)C(OC(=O)C(C)C)[C@H](C)OC2=O)c1OS(C)(=O)=O. The second-order valence-electron chi connectivity index (χ2n) is 9.63. The summed E-state index contributed by atoms with van der Waals surface area (Å²) in [5.41, 5.74) is 0.248. The molecule has 4 atom stereocenters. The Morgan fingerprint density at radius 3 is 2.41 bits per heavy atom. The summed E-state index contributed by atoms with van der Waals surface area (Å²) in [6, 6.07) is 8.71. The van der Waals surface area contributed by atoms with Crippen molar-refractivity contribution < 1.29 is 50.7 Å². The highest BCUT2D eigenvalue weighted by molar-refractivity contribution is 7.86. The minimum atomic E-state index is -4.10. The predicted octanol–water partition coefficient (Wildman–Crippen LogP) is 1.44. The highest BCUT2D eigenvalue weighted by Gasteiger charge is 2.42. The monoisotopic (exact) mass is 592 g/mol. The normalized spacial score (nSPS) is 21.4. The van der Waals surface area contributed by atoms with Gasteiger partial charge in [0.05, 0.1) is 19.3 Å². The van der Waals surface area contributed by atoms with Gasteiger partial charge in [-0.15, -0.1) is 0 Å². The molecule has 1 aromatic carbocycles. The molecule has 0 aliphatic carbocycles. The zero-order valence-electron chi connectivity index (χ0n) is 23.2. The lowest BCUT2D eigenvalue weighted by molar-refractivity contribution is -0.176. The molecule has 0 spiro atoms. The van der Waals surface area contributed by atoms with Gasteiger partial charge in [0.2, 0.25) is 5.75 Å². The fraction of sp³-hybridized carbons (Fsp3) is 0.444. The Kier molecular flexibility index (Phi) is 10.3. The van der Waals surface area contributed by atoms with Gasteiger partial charge in [-0.05, 0) is 18.9 Å². The number of nitrogens with one attached hydrogen (secondary N) is 1. The number of benzene rings is 1. The third kappa shape index (κ3) is 8.39.